The van der Waals surface area contributed by atoms with Crippen molar-refractivity contribution in [1.82, 2.24) is 0 Å². The number of carbonyl (C=O) groups excluding carboxylic acids is 1. The SMILES string of the molecule is CC(O)C1=CC(C=O)c2c(cccc2-c2ccc(F)cc2)O1. The van der Waals surface area contributed by atoms with Crippen LogP contribution in [0.3, 0.4) is 0 Å². The molecule has 1 heterocycles. The van der Waals surface area contributed by atoms with Gasteiger partial charge in [-0.2, -0.15) is 0 Å². The zero-order valence-corrected chi connectivity index (χ0v) is 12.0. The number of halogens is 1. The van der Waals surface area contributed by atoms with Gasteiger partial charge in [-0.3, -0.25) is 0 Å². The van der Waals surface area contributed by atoms with E-state index >= 15 is 0 Å². The van der Waals surface area contributed by atoms with Crippen LogP contribution >= 0.6 is 0 Å². The van der Waals surface area contributed by atoms with Gasteiger partial charge in [0.1, 0.15) is 29.7 Å². The molecule has 1 aliphatic rings. The van der Waals surface area contributed by atoms with Gasteiger partial charge in [-0.05, 0) is 42.3 Å². The highest BCUT2D eigenvalue weighted by atomic mass is 19.1. The van der Waals surface area contributed by atoms with Crippen molar-refractivity contribution in [3.05, 3.63) is 65.7 Å². The van der Waals surface area contributed by atoms with Crippen LogP contribution < -0.4 is 4.74 Å². The van der Waals surface area contributed by atoms with Crippen molar-refractivity contribution in [2.75, 3.05) is 0 Å². The first-order chi connectivity index (χ1) is 10.6. The molecule has 1 aliphatic heterocycles. The summed E-state index contributed by atoms with van der Waals surface area (Å²) in [7, 11) is 0. The molecule has 0 radical (unpaired) electrons. The van der Waals surface area contributed by atoms with Crippen LogP contribution in [-0.4, -0.2) is 17.5 Å². The number of hydrogen-bond donors (Lipinski definition) is 1. The molecule has 0 aromatic heterocycles. The van der Waals surface area contributed by atoms with E-state index in [1.54, 1.807) is 31.2 Å². The van der Waals surface area contributed by atoms with Crippen molar-refractivity contribution >= 4 is 6.29 Å². The van der Waals surface area contributed by atoms with Crippen molar-refractivity contribution in [3.63, 3.8) is 0 Å². The molecular weight excluding hydrogens is 283 g/mol. The summed E-state index contributed by atoms with van der Waals surface area (Å²) in [5.41, 5.74) is 2.35. The third kappa shape index (κ3) is 2.53. The smallest absolute Gasteiger partial charge is 0.131 e. The van der Waals surface area contributed by atoms with Crippen LogP contribution in [-0.2, 0) is 4.79 Å². The Hall–Kier alpha value is -2.46. The molecule has 0 saturated carbocycles. The highest BCUT2D eigenvalue weighted by Crippen LogP contribution is 2.40. The van der Waals surface area contributed by atoms with Gasteiger partial charge < -0.3 is 14.6 Å². The number of allylic oxidation sites excluding steroid dienone is 1. The van der Waals surface area contributed by atoms with Crippen molar-refractivity contribution in [1.29, 1.82) is 0 Å². The van der Waals surface area contributed by atoms with Gasteiger partial charge in [-0.15, -0.1) is 0 Å². The fourth-order valence-electron chi connectivity index (χ4n) is 2.61. The van der Waals surface area contributed by atoms with Crippen LogP contribution in [0.1, 0.15) is 18.4 Å². The lowest BCUT2D eigenvalue weighted by molar-refractivity contribution is -0.108. The molecule has 2 unspecified atom stereocenters. The highest BCUT2D eigenvalue weighted by molar-refractivity contribution is 5.79. The first-order valence-electron chi connectivity index (χ1n) is 7.02. The molecular formula is C18H15FO3. The van der Waals surface area contributed by atoms with Crippen LogP contribution in [0, 0.1) is 5.82 Å². The van der Waals surface area contributed by atoms with Crippen LogP contribution in [0.25, 0.3) is 11.1 Å². The fraction of sp³-hybridized carbons (Fsp3) is 0.167. The standard InChI is InChI=1S/C18H15FO3/c1-11(21)17-9-13(10-20)18-15(3-2-4-16(18)22-17)12-5-7-14(19)8-6-12/h2-11,13,21H,1H3. The molecule has 2 aromatic carbocycles. The number of ether oxygens (including phenoxy) is 1. The second kappa shape index (κ2) is 5.73. The van der Waals surface area contributed by atoms with E-state index < -0.39 is 12.0 Å². The Morgan fingerprint density at radius 2 is 1.95 bits per heavy atom. The lowest BCUT2D eigenvalue weighted by Crippen LogP contribution is -2.18. The molecule has 3 nitrogen and oxygen atoms in total. The summed E-state index contributed by atoms with van der Waals surface area (Å²) in [5, 5.41) is 9.68. The van der Waals surface area contributed by atoms with Gasteiger partial charge in [0.05, 0.1) is 5.92 Å². The Bertz CT molecular complexity index is 732. The number of fused-ring (bicyclic) bond motifs is 1. The van der Waals surface area contributed by atoms with Gasteiger partial charge in [0.25, 0.3) is 0 Å². The zero-order valence-electron chi connectivity index (χ0n) is 12.0. The Morgan fingerprint density at radius 1 is 1.23 bits per heavy atom. The number of rotatable bonds is 3. The van der Waals surface area contributed by atoms with E-state index in [4.69, 9.17) is 4.74 Å². The maximum atomic E-state index is 13.1. The van der Waals surface area contributed by atoms with Gasteiger partial charge >= 0.3 is 0 Å². The summed E-state index contributed by atoms with van der Waals surface area (Å²) < 4.78 is 18.8. The van der Waals surface area contributed by atoms with E-state index in [0.29, 0.717) is 11.5 Å². The predicted molar refractivity (Wildman–Crippen MR) is 81.0 cm³/mol. The van der Waals surface area contributed by atoms with E-state index in [2.05, 4.69) is 0 Å². The van der Waals surface area contributed by atoms with Crippen LogP contribution in [0.4, 0.5) is 4.39 Å². The molecule has 1 N–H and O–H groups in total. The summed E-state index contributed by atoms with van der Waals surface area (Å²) >= 11 is 0. The first-order valence-corrected chi connectivity index (χ1v) is 7.02. The van der Waals surface area contributed by atoms with Gasteiger partial charge in [-0.1, -0.05) is 24.3 Å². The molecule has 0 aliphatic carbocycles. The number of hydrogen-bond acceptors (Lipinski definition) is 3. The van der Waals surface area contributed by atoms with Crippen molar-refractivity contribution in [3.8, 4) is 16.9 Å². The average Bonchev–Trinajstić information content (AvgIpc) is 2.53. The molecule has 2 atom stereocenters. The number of aliphatic hydroxyl groups excluding tert-OH is 1. The van der Waals surface area contributed by atoms with Gasteiger partial charge in [0.2, 0.25) is 0 Å². The van der Waals surface area contributed by atoms with E-state index in [1.807, 2.05) is 12.1 Å². The molecule has 3 rings (SSSR count). The van der Waals surface area contributed by atoms with E-state index in [9.17, 15) is 14.3 Å². The summed E-state index contributed by atoms with van der Waals surface area (Å²) in [6.07, 6.45) is 1.65. The van der Waals surface area contributed by atoms with E-state index in [0.717, 1.165) is 23.0 Å². The molecule has 112 valence electrons. The molecule has 0 bridgehead atoms. The lowest BCUT2D eigenvalue weighted by Gasteiger charge is -2.25. The topological polar surface area (TPSA) is 46.5 Å². The molecule has 0 spiro atoms. The predicted octanol–water partition coefficient (Wildman–Crippen LogP) is 3.43. The van der Waals surface area contributed by atoms with Gasteiger partial charge in [0.15, 0.2) is 0 Å². The second-order valence-electron chi connectivity index (χ2n) is 5.23. The molecule has 4 heteroatoms. The quantitative estimate of drug-likeness (QED) is 0.883. The zero-order chi connectivity index (χ0) is 15.7. The normalized spacial score (nSPS) is 18.0. The number of benzene rings is 2. The van der Waals surface area contributed by atoms with Gasteiger partial charge in [-0.25, -0.2) is 4.39 Å². The molecule has 22 heavy (non-hydrogen) atoms. The Morgan fingerprint density at radius 3 is 2.59 bits per heavy atom. The Labute approximate surface area is 127 Å². The summed E-state index contributed by atoms with van der Waals surface area (Å²) in [4.78, 5) is 11.5. The minimum atomic E-state index is -0.787. The van der Waals surface area contributed by atoms with Crippen molar-refractivity contribution < 1.29 is 19.0 Å². The monoisotopic (exact) mass is 298 g/mol. The van der Waals surface area contributed by atoms with Crippen molar-refractivity contribution in [2.24, 2.45) is 0 Å². The maximum absolute atomic E-state index is 13.1. The summed E-state index contributed by atoms with van der Waals surface area (Å²) in [5.74, 6) is 0.0841. The van der Waals surface area contributed by atoms with E-state index in [-0.39, 0.29) is 5.82 Å². The Kier molecular flexibility index (Phi) is 3.77. The highest BCUT2D eigenvalue weighted by Gasteiger charge is 2.26. The maximum Gasteiger partial charge on any atom is 0.131 e. The minimum Gasteiger partial charge on any atom is -0.459 e. The lowest BCUT2D eigenvalue weighted by atomic mass is 9.88. The molecule has 0 saturated heterocycles. The van der Waals surface area contributed by atoms with Crippen LogP contribution in [0.15, 0.2) is 54.3 Å². The second-order valence-corrected chi connectivity index (χ2v) is 5.23. The van der Waals surface area contributed by atoms with Crippen LogP contribution in [0.2, 0.25) is 0 Å². The van der Waals surface area contributed by atoms with Gasteiger partial charge in [0, 0.05) is 5.56 Å². The van der Waals surface area contributed by atoms with E-state index in [1.165, 1.54) is 12.1 Å². The largest absolute Gasteiger partial charge is 0.459 e. The molecule has 0 amide bonds. The minimum absolute atomic E-state index is 0.312. The summed E-state index contributed by atoms with van der Waals surface area (Å²) in [6, 6.07) is 11.5. The fourth-order valence-corrected chi connectivity index (χ4v) is 2.61. The molecule has 2 aromatic rings. The molecule has 0 fully saturated rings. The number of aliphatic hydroxyl groups is 1. The average molecular weight is 298 g/mol. The first kappa shape index (κ1) is 14.5. The van der Waals surface area contributed by atoms with Crippen molar-refractivity contribution in [2.45, 2.75) is 18.9 Å². The third-order valence-corrected chi connectivity index (χ3v) is 3.68. The third-order valence-electron chi connectivity index (χ3n) is 3.68. The summed E-state index contributed by atoms with van der Waals surface area (Å²) in [6.45, 7) is 1.59. The van der Waals surface area contributed by atoms with Crippen LogP contribution in [0.5, 0.6) is 5.75 Å². The Balaban J connectivity index is 2.14. The number of aldehydes is 1. The number of carbonyl (C=O) groups is 1.